The first-order valence-electron chi connectivity index (χ1n) is 11.2. The van der Waals surface area contributed by atoms with Crippen LogP contribution in [0.1, 0.15) is 32.3 Å². The van der Waals surface area contributed by atoms with Crippen molar-refractivity contribution in [3.05, 3.63) is 102 Å². The average molecular weight is 456 g/mol. The number of para-hydroxylation sites is 1. The van der Waals surface area contributed by atoms with Gasteiger partial charge in [-0.1, -0.05) is 74.6 Å². The molecule has 4 rings (SSSR count). The summed E-state index contributed by atoms with van der Waals surface area (Å²) in [4.78, 5) is 13.6. The molecule has 0 spiro atoms. The van der Waals surface area contributed by atoms with Crippen LogP contribution < -0.4 is 16.0 Å². The number of anilines is 3. The Morgan fingerprint density at radius 2 is 1.39 bits per heavy atom. The van der Waals surface area contributed by atoms with Crippen LogP contribution >= 0.6 is 12.2 Å². The van der Waals surface area contributed by atoms with Crippen LogP contribution in [-0.2, 0) is 11.3 Å². The third-order valence-electron chi connectivity index (χ3n) is 5.66. The van der Waals surface area contributed by atoms with Crippen LogP contribution in [0.15, 0.2) is 96.2 Å². The highest BCUT2D eigenvalue weighted by molar-refractivity contribution is 7.81. The third-order valence-corrected chi connectivity index (χ3v) is 5.96. The van der Waals surface area contributed by atoms with E-state index in [9.17, 15) is 4.79 Å². The van der Waals surface area contributed by atoms with Crippen molar-refractivity contribution < 1.29 is 4.79 Å². The van der Waals surface area contributed by atoms with Gasteiger partial charge in [-0.2, -0.15) is 0 Å². The van der Waals surface area contributed by atoms with E-state index in [-0.39, 0.29) is 11.2 Å². The monoisotopic (exact) mass is 455 g/mol. The zero-order valence-electron chi connectivity index (χ0n) is 19.0. The van der Waals surface area contributed by atoms with Gasteiger partial charge in [0.2, 0.25) is 0 Å². The Morgan fingerprint density at radius 1 is 0.818 bits per heavy atom. The van der Waals surface area contributed by atoms with E-state index in [1.807, 2.05) is 72.8 Å². The number of allylic oxidation sites excluding steroid dienone is 1. The maximum absolute atomic E-state index is 13.1. The van der Waals surface area contributed by atoms with Gasteiger partial charge in [-0.3, -0.25) is 4.79 Å². The normalized spacial score (nSPS) is 15.2. The number of carbonyl (C=O) groups excluding carboxylic acids is 1. The molecule has 168 valence electrons. The zero-order valence-corrected chi connectivity index (χ0v) is 19.8. The van der Waals surface area contributed by atoms with Gasteiger partial charge in [0.1, 0.15) is 4.99 Å². The molecule has 0 bridgehead atoms. The number of carbonyl (C=O) groups is 1. The van der Waals surface area contributed by atoms with E-state index < -0.39 is 0 Å². The second-order valence-corrected chi connectivity index (χ2v) is 9.56. The van der Waals surface area contributed by atoms with Crippen LogP contribution in [0.3, 0.4) is 0 Å². The molecule has 0 aliphatic heterocycles. The smallest absolute Gasteiger partial charge is 0.168 e. The predicted octanol–water partition coefficient (Wildman–Crippen LogP) is 6.60. The summed E-state index contributed by atoms with van der Waals surface area (Å²) in [6.07, 6.45) is 1.27. The summed E-state index contributed by atoms with van der Waals surface area (Å²) in [5.41, 5.74) is 5.46. The SMILES string of the molecule is CC1(C)CC(=O)C(C(=S)Nc2ccc(Nc3ccccc3)cc2)=C(NCc2ccccc2)C1. The highest BCUT2D eigenvalue weighted by Gasteiger charge is 2.34. The van der Waals surface area contributed by atoms with Crippen molar-refractivity contribution >= 4 is 40.1 Å². The number of hydrogen-bond acceptors (Lipinski definition) is 4. The molecule has 3 aromatic rings. The number of thiocarbonyl (C=S) groups is 1. The number of ketones is 1. The fourth-order valence-corrected chi connectivity index (χ4v) is 4.41. The molecule has 3 N–H and O–H groups in total. The molecular formula is C28H29N3OS. The van der Waals surface area contributed by atoms with Gasteiger partial charge in [-0.15, -0.1) is 0 Å². The molecule has 0 saturated heterocycles. The van der Waals surface area contributed by atoms with E-state index in [1.165, 1.54) is 5.56 Å². The Hall–Kier alpha value is -3.44. The Bertz CT molecular complexity index is 1150. The van der Waals surface area contributed by atoms with E-state index in [1.54, 1.807) is 0 Å². The zero-order chi connectivity index (χ0) is 23.3. The van der Waals surface area contributed by atoms with Crippen LogP contribution in [-0.4, -0.2) is 10.8 Å². The minimum absolute atomic E-state index is 0.0849. The van der Waals surface area contributed by atoms with Crippen LogP contribution in [0.5, 0.6) is 0 Å². The van der Waals surface area contributed by atoms with Crippen molar-refractivity contribution in [1.82, 2.24) is 5.32 Å². The summed E-state index contributed by atoms with van der Waals surface area (Å²) in [5, 5.41) is 10.1. The molecule has 0 unspecified atom stereocenters. The van der Waals surface area contributed by atoms with E-state index in [4.69, 9.17) is 12.2 Å². The van der Waals surface area contributed by atoms with Crippen molar-refractivity contribution in [3.63, 3.8) is 0 Å². The van der Waals surface area contributed by atoms with Gasteiger partial charge in [0.25, 0.3) is 0 Å². The lowest BCUT2D eigenvalue weighted by molar-refractivity contribution is -0.117. The molecule has 3 aromatic carbocycles. The maximum atomic E-state index is 13.1. The minimum atomic E-state index is -0.0972. The van der Waals surface area contributed by atoms with Gasteiger partial charge in [0, 0.05) is 35.7 Å². The van der Waals surface area contributed by atoms with Crippen LogP contribution in [0, 0.1) is 5.41 Å². The highest BCUT2D eigenvalue weighted by atomic mass is 32.1. The summed E-state index contributed by atoms with van der Waals surface area (Å²) in [6.45, 7) is 4.91. The molecule has 0 saturated carbocycles. The molecule has 0 radical (unpaired) electrons. The molecule has 5 heteroatoms. The topological polar surface area (TPSA) is 53.2 Å². The first kappa shape index (κ1) is 22.7. The van der Waals surface area contributed by atoms with E-state index in [0.717, 1.165) is 29.2 Å². The minimum Gasteiger partial charge on any atom is -0.384 e. The van der Waals surface area contributed by atoms with Crippen molar-refractivity contribution in [1.29, 1.82) is 0 Å². The number of benzene rings is 3. The lowest BCUT2D eigenvalue weighted by Gasteiger charge is -2.33. The lowest BCUT2D eigenvalue weighted by atomic mass is 9.75. The summed E-state index contributed by atoms with van der Waals surface area (Å²) < 4.78 is 0. The van der Waals surface area contributed by atoms with Gasteiger partial charge in [0.05, 0.1) is 5.57 Å². The molecule has 33 heavy (non-hydrogen) atoms. The van der Waals surface area contributed by atoms with Gasteiger partial charge in [-0.25, -0.2) is 0 Å². The van der Waals surface area contributed by atoms with E-state index >= 15 is 0 Å². The first-order valence-corrected chi connectivity index (χ1v) is 11.6. The van der Waals surface area contributed by atoms with Crippen LogP contribution in [0.2, 0.25) is 0 Å². The molecule has 4 nitrogen and oxygen atoms in total. The first-order chi connectivity index (χ1) is 15.9. The molecule has 0 aromatic heterocycles. The average Bonchev–Trinajstić information content (AvgIpc) is 2.79. The summed E-state index contributed by atoms with van der Waals surface area (Å²) in [7, 11) is 0. The fourth-order valence-electron chi connectivity index (χ4n) is 4.06. The highest BCUT2D eigenvalue weighted by Crippen LogP contribution is 2.36. The Balaban J connectivity index is 1.49. The van der Waals surface area contributed by atoms with Crippen molar-refractivity contribution in [3.8, 4) is 0 Å². The quantitative estimate of drug-likeness (QED) is 0.350. The second kappa shape index (κ2) is 10.0. The molecule has 0 fully saturated rings. The van der Waals surface area contributed by atoms with Gasteiger partial charge >= 0.3 is 0 Å². The Kier molecular flexibility index (Phi) is 6.90. The molecule has 1 aliphatic carbocycles. The second-order valence-electron chi connectivity index (χ2n) is 9.16. The number of nitrogens with one attached hydrogen (secondary N) is 3. The van der Waals surface area contributed by atoms with Gasteiger partial charge in [0.15, 0.2) is 5.78 Å². The molecule has 0 heterocycles. The van der Waals surface area contributed by atoms with Gasteiger partial charge < -0.3 is 16.0 Å². The molecular weight excluding hydrogens is 426 g/mol. The number of rotatable bonds is 7. The molecule has 0 atom stereocenters. The maximum Gasteiger partial charge on any atom is 0.168 e. The summed E-state index contributed by atoms with van der Waals surface area (Å²) >= 11 is 5.71. The largest absolute Gasteiger partial charge is 0.384 e. The number of hydrogen-bond donors (Lipinski definition) is 3. The summed E-state index contributed by atoms with van der Waals surface area (Å²) in [5.74, 6) is 0.0849. The lowest BCUT2D eigenvalue weighted by Crippen LogP contribution is -2.35. The Morgan fingerprint density at radius 3 is 2.06 bits per heavy atom. The molecule has 1 aliphatic rings. The van der Waals surface area contributed by atoms with Gasteiger partial charge in [-0.05, 0) is 53.8 Å². The van der Waals surface area contributed by atoms with Crippen LogP contribution in [0.4, 0.5) is 17.1 Å². The predicted molar refractivity (Wildman–Crippen MR) is 141 cm³/mol. The number of Topliss-reactive ketones (excluding diaryl/α,β-unsaturated/α-hetero) is 1. The van der Waals surface area contributed by atoms with E-state index in [0.29, 0.717) is 23.5 Å². The third kappa shape index (κ3) is 6.08. The summed E-state index contributed by atoms with van der Waals surface area (Å²) in [6, 6.07) is 28.1. The van der Waals surface area contributed by atoms with Crippen molar-refractivity contribution in [2.45, 2.75) is 33.2 Å². The van der Waals surface area contributed by atoms with Crippen molar-refractivity contribution in [2.75, 3.05) is 10.6 Å². The van der Waals surface area contributed by atoms with E-state index in [2.05, 4.69) is 41.9 Å². The fraction of sp³-hybridized carbons (Fsp3) is 0.214. The van der Waals surface area contributed by atoms with Crippen LogP contribution in [0.25, 0.3) is 0 Å². The molecule has 0 amide bonds. The van der Waals surface area contributed by atoms with Crippen molar-refractivity contribution in [2.24, 2.45) is 5.41 Å². The standard InChI is InChI=1S/C28H29N3OS/c1-28(2)17-24(29-19-20-9-5-3-6-10-20)26(25(32)18-28)27(33)31-23-15-13-22(14-16-23)30-21-11-7-4-8-12-21/h3-16,29-30H,17-19H2,1-2H3,(H,31,33). The Labute approximate surface area is 201 Å².